The van der Waals surface area contributed by atoms with Gasteiger partial charge in [0.15, 0.2) is 0 Å². The third kappa shape index (κ3) is 3.65. The summed E-state index contributed by atoms with van der Waals surface area (Å²) in [6.07, 6.45) is 7.10. The van der Waals surface area contributed by atoms with Crippen LogP contribution in [0.3, 0.4) is 0 Å². The molecule has 1 fully saturated rings. The minimum Gasteiger partial charge on any atom is -0.369 e. The maximum absolute atomic E-state index is 5.81. The van der Waals surface area contributed by atoms with Gasteiger partial charge in [0.05, 0.1) is 9.50 Å². The van der Waals surface area contributed by atoms with E-state index >= 15 is 0 Å². The second-order valence-corrected chi connectivity index (χ2v) is 5.29. The zero-order valence-corrected chi connectivity index (χ0v) is 10.8. The van der Waals surface area contributed by atoms with Crippen molar-refractivity contribution in [3.8, 4) is 0 Å². The lowest BCUT2D eigenvalue weighted by Gasteiger charge is -2.07. The monoisotopic (exact) mass is 288 g/mol. The number of nitrogens with one attached hydrogen (secondary N) is 1. The lowest BCUT2D eigenvalue weighted by Crippen LogP contribution is -2.04. The first kappa shape index (κ1) is 11.2. The molecule has 0 aromatic carbocycles. The Morgan fingerprint density at radius 1 is 1.53 bits per heavy atom. The summed E-state index contributed by atoms with van der Waals surface area (Å²) < 4.78 is 0.932. The lowest BCUT2D eigenvalue weighted by molar-refractivity contribution is 0.686. The molecule has 0 atom stereocenters. The second-order valence-electron chi connectivity index (χ2n) is 4.00. The van der Waals surface area contributed by atoms with Crippen LogP contribution in [0.1, 0.15) is 25.7 Å². The van der Waals surface area contributed by atoms with Gasteiger partial charge in [-0.15, -0.1) is 0 Å². The van der Waals surface area contributed by atoms with Gasteiger partial charge in [0, 0.05) is 12.7 Å². The molecule has 15 heavy (non-hydrogen) atoms. The molecule has 1 aromatic rings. The Hall–Kier alpha value is -0.280. The zero-order chi connectivity index (χ0) is 10.7. The van der Waals surface area contributed by atoms with Gasteiger partial charge >= 0.3 is 0 Å². The fourth-order valence-corrected chi connectivity index (χ4v) is 2.33. The van der Waals surface area contributed by atoms with Crippen LogP contribution in [0.2, 0.25) is 5.02 Å². The third-order valence-corrected chi connectivity index (χ3v) is 3.40. The molecule has 1 N–H and O–H groups in total. The molecular formula is C11H14BrClN2. The van der Waals surface area contributed by atoms with Crippen molar-refractivity contribution in [1.29, 1.82) is 0 Å². The van der Waals surface area contributed by atoms with Crippen LogP contribution in [0, 0.1) is 5.92 Å². The van der Waals surface area contributed by atoms with Gasteiger partial charge in [-0.05, 0) is 40.8 Å². The van der Waals surface area contributed by atoms with Crippen molar-refractivity contribution in [3.05, 3.63) is 21.8 Å². The van der Waals surface area contributed by atoms with Crippen molar-refractivity contribution in [2.45, 2.75) is 25.7 Å². The fourth-order valence-electron chi connectivity index (χ4n) is 1.55. The molecule has 1 saturated carbocycles. The molecule has 1 heterocycles. The second kappa shape index (κ2) is 5.17. The summed E-state index contributed by atoms with van der Waals surface area (Å²) in [6, 6.07) is 1.86. The van der Waals surface area contributed by atoms with E-state index in [-0.39, 0.29) is 0 Å². The minimum atomic E-state index is 0.658. The summed E-state index contributed by atoms with van der Waals surface area (Å²) in [7, 11) is 0. The average molecular weight is 290 g/mol. The Labute approximate surface area is 104 Å². The number of nitrogens with zero attached hydrogens (tertiary/aromatic N) is 1. The van der Waals surface area contributed by atoms with Gasteiger partial charge in [-0.1, -0.05) is 24.4 Å². The van der Waals surface area contributed by atoms with Crippen LogP contribution < -0.4 is 5.32 Å². The Morgan fingerprint density at radius 2 is 2.33 bits per heavy atom. The first-order chi connectivity index (χ1) is 7.25. The topological polar surface area (TPSA) is 24.9 Å². The molecule has 0 amide bonds. The van der Waals surface area contributed by atoms with Crippen molar-refractivity contribution in [2.75, 3.05) is 11.9 Å². The zero-order valence-electron chi connectivity index (χ0n) is 8.47. The maximum atomic E-state index is 5.81. The Bertz CT molecular complexity index is 339. The normalized spacial score (nSPS) is 15.3. The quantitative estimate of drug-likeness (QED) is 0.826. The highest BCUT2D eigenvalue weighted by atomic mass is 79.9. The van der Waals surface area contributed by atoms with E-state index in [4.69, 9.17) is 11.6 Å². The highest BCUT2D eigenvalue weighted by Gasteiger charge is 2.19. The Morgan fingerprint density at radius 3 is 3.00 bits per heavy atom. The summed E-state index contributed by atoms with van der Waals surface area (Å²) in [4.78, 5) is 4.22. The van der Waals surface area contributed by atoms with Crippen molar-refractivity contribution < 1.29 is 0 Å². The summed E-state index contributed by atoms with van der Waals surface area (Å²) in [6.45, 7) is 0.990. The maximum Gasteiger partial charge on any atom is 0.140 e. The SMILES string of the molecule is Clc1cnc(NCCCC2CC2)c(Br)c1. The first-order valence-electron chi connectivity index (χ1n) is 5.30. The minimum absolute atomic E-state index is 0.658. The highest BCUT2D eigenvalue weighted by Crippen LogP contribution is 2.33. The molecule has 4 heteroatoms. The van der Waals surface area contributed by atoms with E-state index in [1.54, 1.807) is 6.20 Å². The van der Waals surface area contributed by atoms with Crippen molar-refractivity contribution in [2.24, 2.45) is 5.92 Å². The van der Waals surface area contributed by atoms with Crippen LogP contribution in [0.4, 0.5) is 5.82 Å². The summed E-state index contributed by atoms with van der Waals surface area (Å²) in [5.74, 6) is 1.89. The predicted octanol–water partition coefficient (Wildman–Crippen LogP) is 4.10. The van der Waals surface area contributed by atoms with E-state index in [9.17, 15) is 0 Å². The van der Waals surface area contributed by atoms with E-state index < -0.39 is 0 Å². The molecular weight excluding hydrogens is 275 g/mol. The van der Waals surface area contributed by atoms with E-state index in [2.05, 4.69) is 26.2 Å². The Balaban J connectivity index is 1.76. The van der Waals surface area contributed by atoms with Crippen LogP contribution in [0.25, 0.3) is 0 Å². The molecule has 0 radical (unpaired) electrons. The highest BCUT2D eigenvalue weighted by molar-refractivity contribution is 9.10. The van der Waals surface area contributed by atoms with Crippen LogP contribution in [0.15, 0.2) is 16.7 Å². The number of anilines is 1. The standard InChI is InChI=1S/C11H14BrClN2/c12-10-6-9(13)7-15-11(10)14-5-1-2-8-3-4-8/h6-8H,1-5H2,(H,14,15). The van der Waals surface area contributed by atoms with Crippen LogP contribution in [0.5, 0.6) is 0 Å². The summed E-state index contributed by atoms with van der Waals surface area (Å²) in [5.41, 5.74) is 0. The molecule has 2 nitrogen and oxygen atoms in total. The molecule has 0 unspecified atom stereocenters. The van der Waals surface area contributed by atoms with E-state index in [0.717, 1.165) is 22.8 Å². The molecule has 82 valence electrons. The summed E-state index contributed by atoms with van der Waals surface area (Å²) >= 11 is 9.24. The number of halogens is 2. The number of aromatic nitrogens is 1. The van der Waals surface area contributed by atoms with Gasteiger partial charge in [0.25, 0.3) is 0 Å². The number of hydrogen-bond donors (Lipinski definition) is 1. The van der Waals surface area contributed by atoms with Gasteiger partial charge in [0.1, 0.15) is 5.82 Å². The largest absolute Gasteiger partial charge is 0.369 e. The van der Waals surface area contributed by atoms with E-state index in [0.29, 0.717) is 5.02 Å². The molecule has 0 aliphatic heterocycles. The molecule has 0 saturated heterocycles. The molecule has 1 aromatic heterocycles. The molecule has 1 aliphatic carbocycles. The van der Waals surface area contributed by atoms with Gasteiger partial charge in [-0.3, -0.25) is 0 Å². The summed E-state index contributed by atoms with van der Waals surface area (Å²) in [5, 5.41) is 3.96. The van der Waals surface area contributed by atoms with Crippen LogP contribution in [-0.4, -0.2) is 11.5 Å². The van der Waals surface area contributed by atoms with Gasteiger partial charge in [-0.25, -0.2) is 4.98 Å². The van der Waals surface area contributed by atoms with E-state index in [1.165, 1.54) is 25.7 Å². The van der Waals surface area contributed by atoms with Crippen LogP contribution in [-0.2, 0) is 0 Å². The molecule has 0 spiro atoms. The van der Waals surface area contributed by atoms with Crippen molar-refractivity contribution in [1.82, 2.24) is 4.98 Å². The van der Waals surface area contributed by atoms with Gasteiger partial charge in [-0.2, -0.15) is 0 Å². The average Bonchev–Trinajstić information content (AvgIpc) is 2.99. The number of hydrogen-bond acceptors (Lipinski definition) is 2. The number of pyridine rings is 1. The molecule has 0 bridgehead atoms. The first-order valence-corrected chi connectivity index (χ1v) is 6.48. The predicted molar refractivity (Wildman–Crippen MR) is 67.4 cm³/mol. The van der Waals surface area contributed by atoms with Crippen molar-refractivity contribution in [3.63, 3.8) is 0 Å². The van der Waals surface area contributed by atoms with Crippen molar-refractivity contribution >= 4 is 33.3 Å². The fraction of sp³-hybridized carbons (Fsp3) is 0.545. The molecule has 1 aliphatic rings. The number of rotatable bonds is 5. The lowest BCUT2D eigenvalue weighted by atomic mass is 10.2. The smallest absolute Gasteiger partial charge is 0.140 e. The van der Waals surface area contributed by atoms with E-state index in [1.807, 2.05) is 6.07 Å². The molecule has 2 rings (SSSR count). The van der Waals surface area contributed by atoms with Gasteiger partial charge in [0.2, 0.25) is 0 Å². The van der Waals surface area contributed by atoms with Crippen LogP contribution >= 0.6 is 27.5 Å². The third-order valence-electron chi connectivity index (χ3n) is 2.59. The Kier molecular flexibility index (Phi) is 3.87. The van der Waals surface area contributed by atoms with Gasteiger partial charge < -0.3 is 5.32 Å².